The van der Waals surface area contributed by atoms with Crippen molar-refractivity contribution in [1.82, 2.24) is 9.62 Å². The van der Waals surface area contributed by atoms with E-state index in [0.717, 1.165) is 29.8 Å². The van der Waals surface area contributed by atoms with Crippen LogP contribution in [0.1, 0.15) is 31.2 Å². The van der Waals surface area contributed by atoms with E-state index in [-0.39, 0.29) is 12.1 Å². The van der Waals surface area contributed by atoms with Gasteiger partial charge in [0.1, 0.15) is 0 Å². The number of hydrogen-bond donors (Lipinski definition) is 2. The second kappa shape index (κ2) is 8.86. The Hall–Kier alpha value is -1.90. The van der Waals surface area contributed by atoms with Crippen LogP contribution in [0.15, 0.2) is 46.7 Å². The molecule has 1 aromatic carbocycles. The zero-order chi connectivity index (χ0) is 19.3. The van der Waals surface area contributed by atoms with Crippen LogP contribution >= 0.6 is 11.3 Å². The molecular weight excluding hydrogens is 382 g/mol. The smallest absolute Gasteiger partial charge is 0.319 e. The lowest BCUT2D eigenvalue weighted by Gasteiger charge is -2.34. The number of benzene rings is 1. The second-order valence-electron chi connectivity index (χ2n) is 6.73. The highest BCUT2D eigenvalue weighted by molar-refractivity contribution is 7.89. The van der Waals surface area contributed by atoms with Gasteiger partial charge in [-0.25, -0.2) is 13.2 Å². The molecule has 1 atom stereocenters. The molecule has 2 amide bonds. The van der Waals surface area contributed by atoms with Crippen LogP contribution in [0.25, 0.3) is 0 Å². The molecule has 2 heterocycles. The number of hydrogen-bond acceptors (Lipinski definition) is 4. The summed E-state index contributed by atoms with van der Waals surface area (Å²) in [5, 5.41) is 8.27. The second-order valence-corrected chi connectivity index (χ2v) is 9.56. The van der Waals surface area contributed by atoms with Crippen molar-refractivity contribution in [3.63, 3.8) is 0 Å². The van der Waals surface area contributed by atoms with Gasteiger partial charge in [0.25, 0.3) is 0 Å². The molecule has 1 aliphatic heterocycles. The quantitative estimate of drug-likeness (QED) is 0.764. The number of thiophene rings is 1. The topological polar surface area (TPSA) is 78.5 Å². The third kappa shape index (κ3) is 5.09. The first-order valence-corrected chi connectivity index (χ1v) is 11.5. The summed E-state index contributed by atoms with van der Waals surface area (Å²) < 4.78 is 27.7. The lowest BCUT2D eigenvalue weighted by Crippen LogP contribution is -2.45. The number of sulfonamides is 1. The number of rotatable bonds is 6. The SMILES string of the molecule is Cc1ccc(S(=O)(=O)N2CCCC[C@H]2CCNC(=O)Nc2cccs2)cc1. The first kappa shape index (κ1) is 19.9. The van der Waals surface area contributed by atoms with E-state index in [1.807, 2.05) is 36.6 Å². The van der Waals surface area contributed by atoms with Gasteiger partial charge < -0.3 is 5.32 Å². The monoisotopic (exact) mass is 407 g/mol. The zero-order valence-corrected chi connectivity index (χ0v) is 17.0. The summed E-state index contributed by atoms with van der Waals surface area (Å²) in [6.07, 6.45) is 3.29. The number of anilines is 1. The summed E-state index contributed by atoms with van der Waals surface area (Å²) in [5.74, 6) is 0. The van der Waals surface area contributed by atoms with E-state index in [0.29, 0.717) is 24.4 Å². The normalized spacial score (nSPS) is 18.2. The molecule has 1 fully saturated rings. The molecule has 0 saturated carbocycles. The first-order valence-electron chi connectivity index (χ1n) is 9.14. The molecule has 0 bridgehead atoms. The molecule has 0 aliphatic carbocycles. The molecule has 3 rings (SSSR count). The number of amides is 2. The summed E-state index contributed by atoms with van der Waals surface area (Å²) in [7, 11) is -3.51. The highest BCUT2D eigenvalue weighted by atomic mass is 32.2. The van der Waals surface area contributed by atoms with Crippen molar-refractivity contribution < 1.29 is 13.2 Å². The van der Waals surface area contributed by atoms with Crippen LogP contribution in [0, 0.1) is 6.92 Å². The van der Waals surface area contributed by atoms with E-state index in [2.05, 4.69) is 10.6 Å². The van der Waals surface area contributed by atoms with Crippen LogP contribution < -0.4 is 10.6 Å². The van der Waals surface area contributed by atoms with E-state index in [4.69, 9.17) is 0 Å². The summed E-state index contributed by atoms with van der Waals surface area (Å²) in [6, 6.07) is 10.3. The number of nitrogens with zero attached hydrogens (tertiary/aromatic N) is 1. The van der Waals surface area contributed by atoms with Crippen molar-refractivity contribution in [1.29, 1.82) is 0 Å². The van der Waals surface area contributed by atoms with Gasteiger partial charge in [-0.15, -0.1) is 11.3 Å². The third-order valence-corrected chi connectivity index (χ3v) is 7.47. The lowest BCUT2D eigenvalue weighted by atomic mass is 10.0. The van der Waals surface area contributed by atoms with Crippen molar-refractivity contribution in [3.8, 4) is 0 Å². The van der Waals surface area contributed by atoms with Crippen molar-refractivity contribution in [2.24, 2.45) is 0 Å². The van der Waals surface area contributed by atoms with Gasteiger partial charge in [-0.05, 0) is 55.8 Å². The van der Waals surface area contributed by atoms with Crippen LogP contribution in [-0.2, 0) is 10.0 Å². The third-order valence-electron chi connectivity index (χ3n) is 4.72. The summed E-state index contributed by atoms with van der Waals surface area (Å²) in [6.45, 7) is 2.90. The molecular formula is C19H25N3O3S2. The van der Waals surface area contributed by atoms with Gasteiger partial charge in [0, 0.05) is 19.1 Å². The average molecular weight is 408 g/mol. The maximum absolute atomic E-state index is 13.0. The fourth-order valence-electron chi connectivity index (χ4n) is 3.28. The minimum absolute atomic E-state index is 0.0907. The van der Waals surface area contributed by atoms with Crippen LogP contribution in [0.3, 0.4) is 0 Å². The Morgan fingerprint density at radius 2 is 2.00 bits per heavy atom. The van der Waals surface area contributed by atoms with E-state index >= 15 is 0 Å². The molecule has 0 spiro atoms. The molecule has 8 heteroatoms. The molecule has 1 aromatic heterocycles. The zero-order valence-electron chi connectivity index (χ0n) is 15.3. The number of aryl methyl sites for hydroxylation is 1. The highest BCUT2D eigenvalue weighted by Crippen LogP contribution is 2.27. The number of piperidine rings is 1. The first-order chi connectivity index (χ1) is 13.0. The largest absolute Gasteiger partial charge is 0.338 e. The number of nitrogens with one attached hydrogen (secondary N) is 2. The number of carbonyl (C=O) groups excluding carboxylic acids is 1. The Balaban J connectivity index is 1.59. The molecule has 0 unspecified atom stereocenters. The van der Waals surface area contributed by atoms with Gasteiger partial charge in [0.05, 0.1) is 9.90 Å². The molecule has 0 radical (unpaired) electrons. The van der Waals surface area contributed by atoms with E-state index in [1.54, 1.807) is 16.4 Å². The Morgan fingerprint density at radius 1 is 1.22 bits per heavy atom. The van der Waals surface area contributed by atoms with Crippen LogP contribution in [0.2, 0.25) is 0 Å². The maximum Gasteiger partial charge on any atom is 0.319 e. The van der Waals surface area contributed by atoms with E-state index in [9.17, 15) is 13.2 Å². The Bertz CT molecular complexity index is 849. The molecule has 146 valence electrons. The molecule has 2 N–H and O–H groups in total. The fraction of sp³-hybridized carbons (Fsp3) is 0.421. The summed E-state index contributed by atoms with van der Waals surface area (Å²) in [4.78, 5) is 12.3. The van der Waals surface area contributed by atoms with Crippen LogP contribution in [0.4, 0.5) is 9.80 Å². The standard InChI is InChI=1S/C19H25N3O3S2/c1-15-7-9-17(10-8-15)27(24,25)22-13-3-2-5-16(22)11-12-20-19(23)21-18-6-4-14-26-18/h4,6-10,14,16H,2-3,5,11-13H2,1H3,(H2,20,21,23)/t16-/m0/s1. The highest BCUT2D eigenvalue weighted by Gasteiger charge is 2.33. The molecule has 1 saturated heterocycles. The Morgan fingerprint density at radius 3 is 2.70 bits per heavy atom. The van der Waals surface area contributed by atoms with Crippen molar-refractivity contribution in [2.75, 3.05) is 18.4 Å². The predicted molar refractivity (Wildman–Crippen MR) is 109 cm³/mol. The van der Waals surface area contributed by atoms with E-state index in [1.165, 1.54) is 11.3 Å². The van der Waals surface area contributed by atoms with Gasteiger partial charge in [0.2, 0.25) is 10.0 Å². The van der Waals surface area contributed by atoms with Gasteiger partial charge in [0.15, 0.2) is 0 Å². The minimum atomic E-state index is -3.51. The van der Waals surface area contributed by atoms with Crippen LogP contribution in [-0.4, -0.2) is 37.9 Å². The van der Waals surface area contributed by atoms with Gasteiger partial charge >= 0.3 is 6.03 Å². The molecule has 2 aromatic rings. The number of carbonyl (C=O) groups is 1. The maximum atomic E-state index is 13.0. The Kier molecular flexibility index (Phi) is 6.51. The fourth-order valence-corrected chi connectivity index (χ4v) is 5.62. The Labute approximate surface area is 164 Å². The average Bonchev–Trinajstić information content (AvgIpc) is 3.15. The molecule has 27 heavy (non-hydrogen) atoms. The van der Waals surface area contributed by atoms with Crippen LogP contribution in [0.5, 0.6) is 0 Å². The minimum Gasteiger partial charge on any atom is -0.338 e. The van der Waals surface area contributed by atoms with E-state index < -0.39 is 10.0 Å². The molecule has 6 nitrogen and oxygen atoms in total. The van der Waals surface area contributed by atoms with Crippen molar-refractivity contribution in [2.45, 2.75) is 43.5 Å². The summed E-state index contributed by atoms with van der Waals surface area (Å²) >= 11 is 1.46. The molecule has 1 aliphatic rings. The van der Waals surface area contributed by atoms with Crippen molar-refractivity contribution in [3.05, 3.63) is 47.3 Å². The number of urea groups is 1. The van der Waals surface area contributed by atoms with Crippen molar-refractivity contribution >= 4 is 32.4 Å². The van der Waals surface area contributed by atoms with Gasteiger partial charge in [-0.3, -0.25) is 5.32 Å². The predicted octanol–water partition coefficient (Wildman–Crippen LogP) is 3.81. The summed E-state index contributed by atoms with van der Waals surface area (Å²) in [5.41, 5.74) is 1.03. The van der Waals surface area contributed by atoms with Gasteiger partial charge in [-0.2, -0.15) is 4.31 Å². The van der Waals surface area contributed by atoms with Gasteiger partial charge in [-0.1, -0.05) is 24.1 Å². The lowest BCUT2D eigenvalue weighted by molar-refractivity contribution is 0.234.